The van der Waals surface area contributed by atoms with Crippen LogP contribution in [0, 0.1) is 5.92 Å². The summed E-state index contributed by atoms with van der Waals surface area (Å²) in [5.74, 6) is 0.676. The molecule has 0 aliphatic carbocycles. The topological polar surface area (TPSA) is 49.6 Å². The fourth-order valence-corrected chi connectivity index (χ4v) is 2.83. The summed E-state index contributed by atoms with van der Waals surface area (Å²) in [6.07, 6.45) is 2.28. The van der Waals surface area contributed by atoms with Gasteiger partial charge in [-0.1, -0.05) is 6.92 Å². The molecule has 110 valence electrons. The number of carbonyl (C=O) groups is 1. The number of piperidine rings is 1. The third kappa shape index (κ3) is 2.89. The van der Waals surface area contributed by atoms with Gasteiger partial charge in [0, 0.05) is 32.2 Å². The molecule has 20 heavy (non-hydrogen) atoms. The number of hydrogen-bond donors (Lipinski definition) is 1. The maximum atomic E-state index is 12.6. The van der Waals surface area contributed by atoms with Gasteiger partial charge in [0.1, 0.15) is 0 Å². The average molecular weight is 275 g/mol. The monoisotopic (exact) mass is 275 g/mol. The molecule has 0 radical (unpaired) electrons. The predicted molar refractivity (Wildman–Crippen MR) is 84.1 cm³/mol. The van der Waals surface area contributed by atoms with E-state index in [0.29, 0.717) is 23.2 Å². The second-order valence-electron chi connectivity index (χ2n) is 6.16. The summed E-state index contributed by atoms with van der Waals surface area (Å²) in [4.78, 5) is 16.6. The number of benzene rings is 1. The van der Waals surface area contributed by atoms with Crippen LogP contribution in [0.25, 0.3) is 0 Å². The number of anilines is 2. The summed E-state index contributed by atoms with van der Waals surface area (Å²) in [7, 11) is 3.89. The predicted octanol–water partition coefficient (Wildman–Crippen LogP) is 2.60. The van der Waals surface area contributed by atoms with E-state index < -0.39 is 0 Å². The Morgan fingerprint density at radius 2 is 2.00 bits per heavy atom. The number of carbonyl (C=O) groups excluding carboxylic acids is 1. The lowest BCUT2D eigenvalue weighted by Gasteiger charge is -2.37. The van der Waals surface area contributed by atoms with Gasteiger partial charge in [0.05, 0.1) is 11.4 Å². The summed E-state index contributed by atoms with van der Waals surface area (Å²) in [6, 6.07) is 5.90. The first kappa shape index (κ1) is 14.7. The SMILES string of the molecule is CC1CCC(C)N(C(=O)c2ccc(N(C)C)c(N)c2)C1. The van der Waals surface area contributed by atoms with Gasteiger partial charge >= 0.3 is 0 Å². The molecule has 2 unspecified atom stereocenters. The first-order chi connectivity index (χ1) is 9.40. The molecular formula is C16H25N3O. The highest BCUT2D eigenvalue weighted by Gasteiger charge is 2.27. The first-order valence-electron chi connectivity index (χ1n) is 7.28. The van der Waals surface area contributed by atoms with Crippen molar-refractivity contribution in [1.82, 2.24) is 4.90 Å². The third-order valence-corrected chi connectivity index (χ3v) is 4.13. The van der Waals surface area contributed by atoms with Gasteiger partial charge in [-0.25, -0.2) is 0 Å². The van der Waals surface area contributed by atoms with Crippen LogP contribution in [0.15, 0.2) is 18.2 Å². The zero-order valence-corrected chi connectivity index (χ0v) is 12.9. The molecule has 4 heteroatoms. The van der Waals surface area contributed by atoms with Crippen molar-refractivity contribution in [3.8, 4) is 0 Å². The molecule has 2 atom stereocenters. The molecule has 2 rings (SSSR count). The second-order valence-corrected chi connectivity index (χ2v) is 6.16. The van der Waals surface area contributed by atoms with Crippen molar-refractivity contribution >= 4 is 17.3 Å². The zero-order chi connectivity index (χ0) is 14.9. The van der Waals surface area contributed by atoms with E-state index in [4.69, 9.17) is 5.73 Å². The Morgan fingerprint density at radius 3 is 2.60 bits per heavy atom. The number of hydrogen-bond acceptors (Lipinski definition) is 3. The molecule has 1 heterocycles. The minimum absolute atomic E-state index is 0.0982. The van der Waals surface area contributed by atoms with Crippen molar-refractivity contribution in [3.05, 3.63) is 23.8 Å². The molecule has 4 nitrogen and oxygen atoms in total. The summed E-state index contributed by atoms with van der Waals surface area (Å²) in [5.41, 5.74) is 8.33. The highest BCUT2D eigenvalue weighted by molar-refractivity contribution is 5.96. The normalized spacial score (nSPS) is 22.7. The smallest absolute Gasteiger partial charge is 0.254 e. The van der Waals surface area contributed by atoms with Crippen molar-refractivity contribution < 1.29 is 4.79 Å². The molecule has 0 saturated carbocycles. The second kappa shape index (κ2) is 5.73. The Bertz CT molecular complexity index is 498. The van der Waals surface area contributed by atoms with E-state index in [0.717, 1.165) is 18.7 Å². The van der Waals surface area contributed by atoms with Crippen LogP contribution >= 0.6 is 0 Å². The highest BCUT2D eigenvalue weighted by atomic mass is 16.2. The van der Waals surface area contributed by atoms with Crippen LogP contribution < -0.4 is 10.6 Å². The Morgan fingerprint density at radius 1 is 1.30 bits per heavy atom. The molecule has 1 aliphatic rings. The molecule has 0 spiro atoms. The molecule has 1 aliphatic heterocycles. The number of nitrogens with zero attached hydrogens (tertiary/aromatic N) is 2. The largest absolute Gasteiger partial charge is 0.397 e. The van der Waals surface area contributed by atoms with Crippen molar-refractivity contribution in [3.63, 3.8) is 0 Å². The molecule has 1 fully saturated rings. The molecule has 0 aromatic heterocycles. The number of amides is 1. The Hall–Kier alpha value is -1.71. The molecule has 1 aromatic rings. The van der Waals surface area contributed by atoms with Gasteiger partial charge in [-0.05, 0) is 43.9 Å². The van der Waals surface area contributed by atoms with E-state index in [1.807, 2.05) is 36.0 Å². The molecule has 1 amide bonds. The zero-order valence-electron chi connectivity index (χ0n) is 12.9. The van der Waals surface area contributed by atoms with E-state index in [9.17, 15) is 4.79 Å². The summed E-state index contributed by atoms with van der Waals surface area (Å²) < 4.78 is 0. The van der Waals surface area contributed by atoms with E-state index in [-0.39, 0.29) is 5.91 Å². The van der Waals surface area contributed by atoms with Crippen molar-refractivity contribution in [1.29, 1.82) is 0 Å². The first-order valence-corrected chi connectivity index (χ1v) is 7.28. The van der Waals surface area contributed by atoms with E-state index in [1.165, 1.54) is 6.42 Å². The van der Waals surface area contributed by atoms with Crippen LogP contribution in [0.3, 0.4) is 0 Å². The summed E-state index contributed by atoms with van der Waals surface area (Å²) >= 11 is 0. The molecule has 2 N–H and O–H groups in total. The number of nitrogens with two attached hydrogens (primary N) is 1. The quantitative estimate of drug-likeness (QED) is 0.844. The summed E-state index contributed by atoms with van der Waals surface area (Å²) in [5, 5.41) is 0. The maximum Gasteiger partial charge on any atom is 0.254 e. The molecular weight excluding hydrogens is 250 g/mol. The van der Waals surface area contributed by atoms with Gasteiger partial charge < -0.3 is 15.5 Å². The van der Waals surface area contributed by atoms with E-state index >= 15 is 0 Å². The summed E-state index contributed by atoms with van der Waals surface area (Å²) in [6.45, 7) is 5.17. The van der Waals surface area contributed by atoms with Crippen LogP contribution in [-0.2, 0) is 0 Å². The lowest BCUT2D eigenvalue weighted by Crippen LogP contribution is -2.44. The Balaban J connectivity index is 2.22. The fraction of sp³-hybridized carbons (Fsp3) is 0.562. The molecule has 1 aromatic carbocycles. The van der Waals surface area contributed by atoms with Gasteiger partial charge in [-0.3, -0.25) is 4.79 Å². The Labute approximate surface area is 121 Å². The van der Waals surface area contributed by atoms with Gasteiger partial charge in [0.25, 0.3) is 5.91 Å². The van der Waals surface area contributed by atoms with Gasteiger partial charge in [0.2, 0.25) is 0 Å². The average Bonchev–Trinajstić information content (AvgIpc) is 2.40. The molecule has 0 bridgehead atoms. The lowest BCUT2D eigenvalue weighted by atomic mass is 9.94. The van der Waals surface area contributed by atoms with Crippen LogP contribution in [0.2, 0.25) is 0 Å². The van der Waals surface area contributed by atoms with Crippen molar-refractivity contribution in [2.75, 3.05) is 31.3 Å². The third-order valence-electron chi connectivity index (χ3n) is 4.13. The van der Waals surface area contributed by atoms with Crippen LogP contribution in [-0.4, -0.2) is 37.5 Å². The van der Waals surface area contributed by atoms with Crippen LogP contribution in [0.5, 0.6) is 0 Å². The van der Waals surface area contributed by atoms with E-state index in [2.05, 4.69) is 13.8 Å². The lowest BCUT2D eigenvalue weighted by molar-refractivity contribution is 0.0574. The standard InChI is InChI=1S/C16H25N3O/c1-11-5-6-12(2)19(10-11)16(20)13-7-8-15(18(3)4)14(17)9-13/h7-9,11-12H,5-6,10,17H2,1-4H3. The van der Waals surface area contributed by atoms with Crippen molar-refractivity contribution in [2.45, 2.75) is 32.7 Å². The van der Waals surface area contributed by atoms with Gasteiger partial charge in [-0.2, -0.15) is 0 Å². The van der Waals surface area contributed by atoms with Gasteiger partial charge in [-0.15, -0.1) is 0 Å². The fourth-order valence-electron chi connectivity index (χ4n) is 2.83. The molecule has 1 saturated heterocycles. The minimum Gasteiger partial charge on any atom is -0.397 e. The number of nitrogen functional groups attached to an aromatic ring is 1. The van der Waals surface area contributed by atoms with Crippen molar-refractivity contribution in [2.24, 2.45) is 5.92 Å². The minimum atomic E-state index is 0.0982. The van der Waals surface area contributed by atoms with E-state index in [1.54, 1.807) is 6.07 Å². The highest BCUT2D eigenvalue weighted by Crippen LogP contribution is 2.26. The van der Waals surface area contributed by atoms with Crippen LogP contribution in [0.4, 0.5) is 11.4 Å². The Kier molecular flexibility index (Phi) is 4.21. The number of likely N-dealkylation sites (tertiary alicyclic amines) is 1. The number of rotatable bonds is 2. The van der Waals surface area contributed by atoms with Crippen LogP contribution in [0.1, 0.15) is 37.0 Å². The maximum absolute atomic E-state index is 12.6. The van der Waals surface area contributed by atoms with Gasteiger partial charge in [0.15, 0.2) is 0 Å².